The Kier molecular flexibility index (Phi) is 1.33. The maximum atomic E-state index is 5.86. The number of imidazole rings is 1. The summed E-state index contributed by atoms with van der Waals surface area (Å²) in [6.07, 6.45) is 1.78. The van der Waals surface area contributed by atoms with Crippen LogP contribution in [0, 0.1) is 6.92 Å². The zero-order valence-electron chi connectivity index (χ0n) is 7.20. The van der Waals surface area contributed by atoms with Crippen molar-refractivity contribution in [2.75, 3.05) is 5.73 Å². The molecule has 0 aliphatic heterocycles. The van der Waals surface area contributed by atoms with E-state index in [1.165, 1.54) is 0 Å². The van der Waals surface area contributed by atoms with Gasteiger partial charge < -0.3 is 10.3 Å². The van der Waals surface area contributed by atoms with Crippen LogP contribution in [-0.4, -0.2) is 9.55 Å². The minimum Gasteiger partial charge on any atom is -0.397 e. The van der Waals surface area contributed by atoms with Crippen molar-refractivity contribution in [1.82, 2.24) is 9.55 Å². The molecule has 0 aliphatic carbocycles. The summed E-state index contributed by atoms with van der Waals surface area (Å²) in [5.41, 5.74) is 9.71. The Hall–Kier alpha value is -1.51. The van der Waals surface area contributed by atoms with Gasteiger partial charge in [-0.3, -0.25) is 0 Å². The summed E-state index contributed by atoms with van der Waals surface area (Å²) in [4.78, 5) is 4.22. The van der Waals surface area contributed by atoms with E-state index in [1.807, 2.05) is 30.7 Å². The zero-order chi connectivity index (χ0) is 8.72. The van der Waals surface area contributed by atoms with Crippen molar-refractivity contribution in [2.45, 2.75) is 6.92 Å². The molecule has 0 amide bonds. The number of nitrogens with zero attached hydrogens (tertiary/aromatic N) is 2. The average molecular weight is 161 g/mol. The Morgan fingerprint density at radius 2 is 2.17 bits per heavy atom. The van der Waals surface area contributed by atoms with E-state index in [1.54, 1.807) is 6.33 Å². The lowest BCUT2D eigenvalue weighted by Crippen LogP contribution is -1.91. The SMILES string of the molecule is Cc1ccc2c(ncn2C)c1N. The lowest BCUT2D eigenvalue weighted by atomic mass is 10.2. The van der Waals surface area contributed by atoms with Crippen LogP contribution < -0.4 is 5.73 Å². The van der Waals surface area contributed by atoms with Gasteiger partial charge in [-0.1, -0.05) is 6.07 Å². The fourth-order valence-corrected chi connectivity index (χ4v) is 1.32. The van der Waals surface area contributed by atoms with Crippen molar-refractivity contribution >= 4 is 16.7 Å². The predicted molar refractivity (Wildman–Crippen MR) is 49.9 cm³/mol. The van der Waals surface area contributed by atoms with Gasteiger partial charge >= 0.3 is 0 Å². The van der Waals surface area contributed by atoms with E-state index >= 15 is 0 Å². The number of anilines is 1. The maximum Gasteiger partial charge on any atom is 0.112 e. The zero-order valence-corrected chi connectivity index (χ0v) is 7.20. The van der Waals surface area contributed by atoms with Crippen molar-refractivity contribution < 1.29 is 0 Å². The van der Waals surface area contributed by atoms with Gasteiger partial charge in [0.15, 0.2) is 0 Å². The number of hydrogen-bond donors (Lipinski definition) is 1. The molecule has 62 valence electrons. The summed E-state index contributed by atoms with van der Waals surface area (Å²) in [6, 6.07) is 4.05. The van der Waals surface area contributed by atoms with Gasteiger partial charge in [0.25, 0.3) is 0 Å². The second-order valence-electron chi connectivity index (χ2n) is 3.02. The number of rotatable bonds is 0. The van der Waals surface area contributed by atoms with Crippen molar-refractivity contribution in [3.8, 4) is 0 Å². The molecule has 0 saturated heterocycles. The van der Waals surface area contributed by atoms with Gasteiger partial charge in [-0.25, -0.2) is 4.98 Å². The van der Waals surface area contributed by atoms with E-state index in [0.717, 1.165) is 22.3 Å². The van der Waals surface area contributed by atoms with Gasteiger partial charge in [0, 0.05) is 7.05 Å². The van der Waals surface area contributed by atoms with Crippen LogP contribution in [0.1, 0.15) is 5.56 Å². The predicted octanol–water partition coefficient (Wildman–Crippen LogP) is 1.46. The first kappa shape index (κ1) is 7.16. The molecule has 12 heavy (non-hydrogen) atoms. The van der Waals surface area contributed by atoms with Crippen LogP contribution in [-0.2, 0) is 7.05 Å². The molecule has 3 nitrogen and oxygen atoms in total. The molecule has 1 aromatic carbocycles. The standard InChI is InChI=1S/C9H11N3/c1-6-3-4-7-9(8(6)10)11-5-12(7)2/h3-5H,10H2,1-2H3. The lowest BCUT2D eigenvalue weighted by Gasteiger charge is -2.00. The molecule has 0 saturated carbocycles. The Morgan fingerprint density at radius 3 is 2.92 bits per heavy atom. The van der Waals surface area contributed by atoms with Crippen LogP contribution in [0.25, 0.3) is 11.0 Å². The maximum absolute atomic E-state index is 5.86. The summed E-state index contributed by atoms with van der Waals surface area (Å²) < 4.78 is 1.96. The highest BCUT2D eigenvalue weighted by Crippen LogP contribution is 2.21. The molecule has 0 unspecified atom stereocenters. The van der Waals surface area contributed by atoms with Gasteiger partial charge in [0.2, 0.25) is 0 Å². The first-order valence-corrected chi connectivity index (χ1v) is 3.86. The first-order valence-electron chi connectivity index (χ1n) is 3.86. The molecule has 2 N–H and O–H groups in total. The Balaban J connectivity index is 2.93. The van der Waals surface area contributed by atoms with E-state index < -0.39 is 0 Å². The van der Waals surface area contributed by atoms with Gasteiger partial charge in [0.1, 0.15) is 5.52 Å². The van der Waals surface area contributed by atoms with E-state index in [2.05, 4.69) is 4.98 Å². The minimum absolute atomic E-state index is 0.785. The van der Waals surface area contributed by atoms with Crippen LogP contribution in [0.15, 0.2) is 18.5 Å². The summed E-state index contributed by atoms with van der Waals surface area (Å²) in [5.74, 6) is 0. The van der Waals surface area contributed by atoms with Gasteiger partial charge in [0.05, 0.1) is 17.5 Å². The number of benzene rings is 1. The summed E-state index contributed by atoms with van der Waals surface area (Å²) in [7, 11) is 1.96. The lowest BCUT2D eigenvalue weighted by molar-refractivity contribution is 0.947. The molecule has 0 fully saturated rings. The molecule has 0 bridgehead atoms. The number of fused-ring (bicyclic) bond motifs is 1. The molecule has 0 radical (unpaired) electrons. The van der Waals surface area contributed by atoms with Gasteiger partial charge in [-0.05, 0) is 18.6 Å². The van der Waals surface area contributed by atoms with E-state index in [4.69, 9.17) is 5.73 Å². The number of nitrogens with two attached hydrogens (primary N) is 1. The van der Waals surface area contributed by atoms with Crippen molar-refractivity contribution in [1.29, 1.82) is 0 Å². The number of hydrogen-bond acceptors (Lipinski definition) is 2. The van der Waals surface area contributed by atoms with Gasteiger partial charge in [-0.15, -0.1) is 0 Å². The highest BCUT2D eigenvalue weighted by atomic mass is 15.0. The number of nitrogen functional groups attached to an aromatic ring is 1. The van der Waals surface area contributed by atoms with E-state index in [0.29, 0.717) is 0 Å². The highest BCUT2D eigenvalue weighted by Gasteiger charge is 2.04. The Labute approximate surface area is 70.8 Å². The number of aryl methyl sites for hydroxylation is 2. The van der Waals surface area contributed by atoms with E-state index in [9.17, 15) is 0 Å². The molecule has 0 aliphatic rings. The monoisotopic (exact) mass is 161 g/mol. The average Bonchev–Trinajstić information content (AvgIpc) is 2.41. The fourth-order valence-electron chi connectivity index (χ4n) is 1.32. The summed E-state index contributed by atoms with van der Waals surface area (Å²) >= 11 is 0. The first-order chi connectivity index (χ1) is 5.70. The molecule has 0 atom stereocenters. The molecular formula is C9H11N3. The van der Waals surface area contributed by atoms with E-state index in [-0.39, 0.29) is 0 Å². The van der Waals surface area contributed by atoms with Crippen LogP contribution in [0.5, 0.6) is 0 Å². The van der Waals surface area contributed by atoms with Crippen molar-refractivity contribution in [3.05, 3.63) is 24.0 Å². The van der Waals surface area contributed by atoms with Gasteiger partial charge in [-0.2, -0.15) is 0 Å². The molecule has 0 spiro atoms. The van der Waals surface area contributed by atoms with Crippen LogP contribution in [0.4, 0.5) is 5.69 Å². The molecule has 1 aromatic heterocycles. The third-order valence-corrected chi connectivity index (χ3v) is 2.15. The highest BCUT2D eigenvalue weighted by molar-refractivity contribution is 5.88. The van der Waals surface area contributed by atoms with Crippen molar-refractivity contribution in [3.63, 3.8) is 0 Å². The second-order valence-corrected chi connectivity index (χ2v) is 3.02. The molecule has 2 rings (SSSR count). The Bertz CT molecular complexity index is 429. The third-order valence-electron chi connectivity index (χ3n) is 2.15. The molecular weight excluding hydrogens is 150 g/mol. The molecule has 2 aromatic rings. The van der Waals surface area contributed by atoms with Crippen LogP contribution in [0.2, 0.25) is 0 Å². The molecule has 3 heteroatoms. The summed E-state index contributed by atoms with van der Waals surface area (Å²) in [6.45, 7) is 1.99. The topological polar surface area (TPSA) is 43.8 Å². The smallest absolute Gasteiger partial charge is 0.112 e. The second kappa shape index (κ2) is 2.24. The molecule has 1 heterocycles. The quantitative estimate of drug-likeness (QED) is 0.594. The van der Waals surface area contributed by atoms with Crippen molar-refractivity contribution in [2.24, 2.45) is 7.05 Å². The van der Waals surface area contributed by atoms with Crippen LogP contribution in [0.3, 0.4) is 0 Å². The minimum atomic E-state index is 0.785. The van der Waals surface area contributed by atoms with Crippen LogP contribution >= 0.6 is 0 Å². The Morgan fingerprint density at radius 1 is 1.42 bits per heavy atom. The summed E-state index contributed by atoms with van der Waals surface area (Å²) in [5, 5.41) is 0. The third kappa shape index (κ3) is 0.794. The normalized spacial score (nSPS) is 10.8. The largest absolute Gasteiger partial charge is 0.397 e. The number of aromatic nitrogens is 2. The fraction of sp³-hybridized carbons (Fsp3) is 0.222.